The Morgan fingerprint density at radius 1 is 1.35 bits per heavy atom. The molecule has 1 aliphatic heterocycles. The van der Waals surface area contributed by atoms with Gasteiger partial charge in [0.1, 0.15) is 5.69 Å². The molecule has 1 amide bonds. The van der Waals surface area contributed by atoms with Gasteiger partial charge in [-0.3, -0.25) is 4.79 Å². The van der Waals surface area contributed by atoms with Crippen molar-refractivity contribution in [1.29, 1.82) is 0 Å². The monoisotopic (exact) mass is 230 g/mol. The second kappa shape index (κ2) is 3.31. The van der Waals surface area contributed by atoms with Crippen molar-refractivity contribution in [3.05, 3.63) is 29.6 Å². The van der Waals surface area contributed by atoms with E-state index in [1.54, 1.807) is 0 Å². The van der Waals surface area contributed by atoms with Crippen molar-refractivity contribution in [1.82, 2.24) is 9.88 Å². The third kappa shape index (κ3) is 1.56. The second-order valence-electron chi connectivity index (χ2n) is 5.91. The van der Waals surface area contributed by atoms with Gasteiger partial charge in [0.25, 0.3) is 5.91 Å². The summed E-state index contributed by atoms with van der Waals surface area (Å²) in [4.78, 5) is 18.5. The summed E-state index contributed by atoms with van der Waals surface area (Å²) in [5, 5.41) is 0. The minimum absolute atomic E-state index is 0.0942. The highest BCUT2D eigenvalue weighted by molar-refractivity contribution is 5.92. The fourth-order valence-corrected chi connectivity index (χ4v) is 3.12. The fourth-order valence-electron chi connectivity index (χ4n) is 3.12. The molecule has 3 nitrogen and oxygen atoms in total. The van der Waals surface area contributed by atoms with E-state index in [1.807, 2.05) is 30.0 Å². The van der Waals surface area contributed by atoms with Gasteiger partial charge in [-0.1, -0.05) is 19.9 Å². The largest absolute Gasteiger partial charge is 0.337 e. The molecular formula is C14H18N2O. The second-order valence-corrected chi connectivity index (χ2v) is 5.91. The van der Waals surface area contributed by atoms with Gasteiger partial charge in [0.05, 0.1) is 0 Å². The molecule has 1 aromatic rings. The van der Waals surface area contributed by atoms with E-state index >= 15 is 0 Å². The molecule has 0 bridgehead atoms. The standard InChI is InChI=1S/C14H18N2O/c1-9-5-4-6-12(15-9)13(17)16-7-10-11(8-16)14(10,2)3/h4-6,10-11H,7-8H2,1-3H3. The lowest BCUT2D eigenvalue weighted by Gasteiger charge is -2.21. The molecule has 1 saturated carbocycles. The minimum Gasteiger partial charge on any atom is -0.337 e. The number of carbonyl (C=O) groups excluding carboxylic acids is 1. The Bertz CT molecular complexity index is 467. The molecule has 3 rings (SSSR count). The van der Waals surface area contributed by atoms with Crippen molar-refractivity contribution in [2.45, 2.75) is 20.8 Å². The van der Waals surface area contributed by atoms with Gasteiger partial charge in [0.2, 0.25) is 0 Å². The van der Waals surface area contributed by atoms with Crippen LogP contribution in [0.3, 0.4) is 0 Å². The number of aryl methyl sites for hydroxylation is 1. The molecule has 3 heteroatoms. The lowest BCUT2D eigenvalue weighted by Crippen LogP contribution is -2.33. The van der Waals surface area contributed by atoms with Crippen molar-refractivity contribution >= 4 is 5.91 Å². The van der Waals surface area contributed by atoms with Crippen molar-refractivity contribution in [3.63, 3.8) is 0 Å². The van der Waals surface area contributed by atoms with Crippen LogP contribution in [0.4, 0.5) is 0 Å². The summed E-state index contributed by atoms with van der Waals surface area (Å²) in [6, 6.07) is 5.63. The Kier molecular flexibility index (Phi) is 2.09. The first kappa shape index (κ1) is 10.8. The number of pyridine rings is 1. The molecule has 2 unspecified atom stereocenters. The highest BCUT2D eigenvalue weighted by atomic mass is 16.2. The van der Waals surface area contributed by atoms with Gasteiger partial charge >= 0.3 is 0 Å². The highest BCUT2D eigenvalue weighted by Crippen LogP contribution is 2.61. The number of hydrogen-bond acceptors (Lipinski definition) is 2. The van der Waals surface area contributed by atoms with Crippen LogP contribution in [-0.2, 0) is 0 Å². The average Bonchev–Trinajstić information content (AvgIpc) is 2.70. The van der Waals surface area contributed by atoms with Gasteiger partial charge in [-0.2, -0.15) is 0 Å². The number of fused-ring (bicyclic) bond motifs is 1. The maximum absolute atomic E-state index is 12.2. The molecule has 90 valence electrons. The number of likely N-dealkylation sites (tertiary alicyclic amines) is 1. The van der Waals surface area contributed by atoms with Crippen LogP contribution in [0.15, 0.2) is 18.2 Å². The lowest BCUT2D eigenvalue weighted by atomic mass is 10.1. The van der Waals surface area contributed by atoms with Crippen LogP contribution in [0.2, 0.25) is 0 Å². The van der Waals surface area contributed by atoms with Crippen LogP contribution < -0.4 is 0 Å². The van der Waals surface area contributed by atoms with Crippen LogP contribution in [0.5, 0.6) is 0 Å². The zero-order valence-electron chi connectivity index (χ0n) is 10.6. The first-order valence-electron chi connectivity index (χ1n) is 6.23. The van der Waals surface area contributed by atoms with Gasteiger partial charge < -0.3 is 4.90 Å². The molecule has 0 aromatic carbocycles. The van der Waals surface area contributed by atoms with E-state index in [9.17, 15) is 4.79 Å². The van der Waals surface area contributed by atoms with Gasteiger partial charge in [0.15, 0.2) is 0 Å². The number of piperidine rings is 1. The third-order valence-corrected chi connectivity index (χ3v) is 4.52. The molecule has 0 radical (unpaired) electrons. The third-order valence-electron chi connectivity index (χ3n) is 4.52. The number of rotatable bonds is 1. The van der Waals surface area contributed by atoms with Gasteiger partial charge in [-0.05, 0) is 36.3 Å². The maximum atomic E-state index is 12.2. The number of carbonyl (C=O) groups is 1. The van der Waals surface area contributed by atoms with Crippen molar-refractivity contribution in [2.24, 2.45) is 17.3 Å². The molecule has 2 fully saturated rings. The Morgan fingerprint density at radius 2 is 2.00 bits per heavy atom. The Labute approximate surface area is 102 Å². The SMILES string of the molecule is Cc1cccc(C(=O)N2CC3C(C2)C3(C)C)n1. The minimum atomic E-state index is 0.0942. The van der Waals surface area contributed by atoms with Gasteiger partial charge in [-0.25, -0.2) is 4.98 Å². The summed E-state index contributed by atoms with van der Waals surface area (Å²) in [5.41, 5.74) is 1.95. The topological polar surface area (TPSA) is 33.2 Å². The maximum Gasteiger partial charge on any atom is 0.272 e. The van der Waals surface area contributed by atoms with E-state index in [-0.39, 0.29) is 5.91 Å². The quantitative estimate of drug-likeness (QED) is 0.740. The summed E-state index contributed by atoms with van der Waals surface area (Å²) >= 11 is 0. The van der Waals surface area contributed by atoms with Gasteiger partial charge in [-0.15, -0.1) is 0 Å². The smallest absolute Gasteiger partial charge is 0.272 e. The molecule has 17 heavy (non-hydrogen) atoms. The summed E-state index contributed by atoms with van der Waals surface area (Å²) in [5.74, 6) is 1.50. The molecular weight excluding hydrogens is 212 g/mol. The average molecular weight is 230 g/mol. The number of aromatic nitrogens is 1. The first-order valence-corrected chi connectivity index (χ1v) is 6.23. The van der Waals surface area contributed by atoms with Crippen molar-refractivity contribution in [3.8, 4) is 0 Å². The predicted molar refractivity (Wildman–Crippen MR) is 65.6 cm³/mol. The lowest BCUT2D eigenvalue weighted by molar-refractivity contribution is 0.0752. The van der Waals surface area contributed by atoms with Crippen LogP contribution >= 0.6 is 0 Å². The van der Waals surface area contributed by atoms with E-state index in [1.165, 1.54) is 0 Å². The fraction of sp³-hybridized carbons (Fsp3) is 0.571. The molecule has 1 aromatic heterocycles. The summed E-state index contributed by atoms with van der Waals surface area (Å²) in [7, 11) is 0. The molecule has 1 aliphatic carbocycles. The zero-order valence-corrected chi connectivity index (χ0v) is 10.6. The number of hydrogen-bond donors (Lipinski definition) is 0. The highest BCUT2D eigenvalue weighted by Gasteiger charge is 2.62. The van der Waals surface area contributed by atoms with Crippen LogP contribution in [0, 0.1) is 24.2 Å². The van der Waals surface area contributed by atoms with E-state index < -0.39 is 0 Å². The van der Waals surface area contributed by atoms with E-state index in [4.69, 9.17) is 0 Å². The Hall–Kier alpha value is -1.38. The molecule has 2 heterocycles. The number of amides is 1. The summed E-state index contributed by atoms with van der Waals surface area (Å²) in [6.07, 6.45) is 0. The predicted octanol–water partition coefficient (Wildman–Crippen LogP) is 2.12. The normalized spacial score (nSPS) is 29.0. The van der Waals surface area contributed by atoms with E-state index in [0.717, 1.165) is 18.8 Å². The van der Waals surface area contributed by atoms with Crippen LogP contribution in [0.25, 0.3) is 0 Å². The van der Waals surface area contributed by atoms with Crippen LogP contribution in [-0.4, -0.2) is 28.9 Å². The Balaban J connectivity index is 1.74. The van der Waals surface area contributed by atoms with Crippen LogP contribution in [0.1, 0.15) is 30.0 Å². The zero-order chi connectivity index (χ0) is 12.2. The number of nitrogens with zero attached hydrogens (tertiary/aromatic N) is 2. The van der Waals surface area contributed by atoms with Crippen molar-refractivity contribution < 1.29 is 4.79 Å². The molecule has 0 spiro atoms. The first-order chi connectivity index (χ1) is 8.00. The van der Waals surface area contributed by atoms with E-state index in [2.05, 4.69) is 18.8 Å². The molecule has 1 saturated heterocycles. The van der Waals surface area contributed by atoms with Crippen molar-refractivity contribution in [2.75, 3.05) is 13.1 Å². The summed E-state index contributed by atoms with van der Waals surface area (Å²) in [6.45, 7) is 8.34. The molecule has 0 N–H and O–H groups in total. The van der Waals surface area contributed by atoms with E-state index in [0.29, 0.717) is 22.9 Å². The molecule has 2 aliphatic rings. The van der Waals surface area contributed by atoms with Gasteiger partial charge in [0, 0.05) is 18.8 Å². The summed E-state index contributed by atoms with van der Waals surface area (Å²) < 4.78 is 0. The molecule has 2 atom stereocenters. The Morgan fingerprint density at radius 3 is 2.59 bits per heavy atom.